The molecule has 1 aliphatic rings. The first-order valence-electron chi connectivity index (χ1n) is 3.29. The number of carbonyl (C=O) groups is 1. The molecule has 5 nitrogen and oxygen atoms in total. The third-order valence-electron chi connectivity index (χ3n) is 1.02. The Hall–Kier alpha value is -1.39. The van der Waals surface area contributed by atoms with Crippen LogP contribution < -0.4 is 10.7 Å². The lowest BCUT2D eigenvalue weighted by Crippen LogP contribution is -2.33. The van der Waals surface area contributed by atoms with Crippen LogP contribution >= 0.6 is 0 Å². The Morgan fingerprint density at radius 2 is 2.45 bits per heavy atom. The van der Waals surface area contributed by atoms with E-state index in [0.29, 0.717) is 5.96 Å². The predicted octanol–water partition coefficient (Wildman–Crippen LogP) is -0.542. The number of hydrazone groups is 1. The maximum absolute atomic E-state index is 10.6. The summed E-state index contributed by atoms with van der Waals surface area (Å²) in [4.78, 5) is 14.4. The van der Waals surface area contributed by atoms with E-state index in [9.17, 15) is 4.79 Å². The number of amides is 1. The standard InChI is InChI=1S/C6H10N4O/c1-4(2)9-10-6-7-3-5(11)8-6/h3H2,1-2H3,(H2,7,8,10,11). The van der Waals surface area contributed by atoms with Crippen molar-refractivity contribution in [3.63, 3.8) is 0 Å². The van der Waals surface area contributed by atoms with Crippen LogP contribution in [-0.4, -0.2) is 24.1 Å². The minimum Gasteiger partial charge on any atom is -0.294 e. The van der Waals surface area contributed by atoms with E-state index in [1.165, 1.54) is 0 Å². The lowest BCUT2D eigenvalue weighted by molar-refractivity contribution is -0.117. The molecule has 0 aromatic heterocycles. The molecule has 1 amide bonds. The van der Waals surface area contributed by atoms with Crippen LogP contribution in [0.25, 0.3) is 0 Å². The number of hydrogen-bond donors (Lipinski definition) is 2. The van der Waals surface area contributed by atoms with Gasteiger partial charge in [0.1, 0.15) is 6.54 Å². The van der Waals surface area contributed by atoms with Gasteiger partial charge in [-0.15, -0.1) is 0 Å². The highest BCUT2D eigenvalue weighted by Gasteiger charge is 2.11. The van der Waals surface area contributed by atoms with Crippen LogP contribution in [0.5, 0.6) is 0 Å². The normalized spacial score (nSPS) is 15.5. The van der Waals surface area contributed by atoms with Crippen molar-refractivity contribution in [1.29, 1.82) is 0 Å². The van der Waals surface area contributed by atoms with Gasteiger partial charge in [0.05, 0.1) is 0 Å². The fourth-order valence-electron chi connectivity index (χ4n) is 0.590. The van der Waals surface area contributed by atoms with Gasteiger partial charge in [-0.3, -0.25) is 10.1 Å². The van der Waals surface area contributed by atoms with E-state index in [2.05, 4.69) is 20.8 Å². The molecule has 0 radical (unpaired) electrons. The minimum atomic E-state index is -0.101. The van der Waals surface area contributed by atoms with Gasteiger partial charge in [0.15, 0.2) is 0 Å². The Labute approximate surface area is 64.6 Å². The van der Waals surface area contributed by atoms with Gasteiger partial charge in [-0.25, -0.2) is 10.4 Å². The first-order chi connectivity index (χ1) is 5.18. The van der Waals surface area contributed by atoms with Gasteiger partial charge in [0.2, 0.25) is 11.9 Å². The highest BCUT2D eigenvalue weighted by Crippen LogP contribution is 1.83. The molecular formula is C6H10N4O. The van der Waals surface area contributed by atoms with Crippen molar-refractivity contribution >= 4 is 17.6 Å². The predicted molar refractivity (Wildman–Crippen MR) is 42.4 cm³/mol. The maximum atomic E-state index is 10.6. The van der Waals surface area contributed by atoms with Gasteiger partial charge in [-0.1, -0.05) is 0 Å². The van der Waals surface area contributed by atoms with E-state index in [-0.39, 0.29) is 12.5 Å². The van der Waals surface area contributed by atoms with Gasteiger partial charge in [-0.05, 0) is 13.8 Å². The lowest BCUT2D eigenvalue weighted by atomic mass is 10.5. The van der Waals surface area contributed by atoms with Gasteiger partial charge in [0, 0.05) is 5.71 Å². The molecule has 1 rings (SSSR count). The van der Waals surface area contributed by atoms with E-state index >= 15 is 0 Å². The zero-order valence-electron chi connectivity index (χ0n) is 6.51. The highest BCUT2D eigenvalue weighted by atomic mass is 16.2. The molecule has 0 fully saturated rings. The van der Waals surface area contributed by atoms with Crippen molar-refractivity contribution in [3.8, 4) is 0 Å². The summed E-state index contributed by atoms with van der Waals surface area (Å²) in [6.45, 7) is 3.90. The van der Waals surface area contributed by atoms with E-state index in [0.717, 1.165) is 5.71 Å². The Balaban J connectivity index is 2.40. The van der Waals surface area contributed by atoms with E-state index in [1.807, 2.05) is 13.8 Å². The molecule has 2 N–H and O–H groups in total. The zero-order valence-corrected chi connectivity index (χ0v) is 6.51. The first kappa shape index (κ1) is 7.71. The molecule has 0 aromatic rings. The summed E-state index contributed by atoms with van der Waals surface area (Å²) in [5.41, 5.74) is 3.50. The van der Waals surface area contributed by atoms with Gasteiger partial charge in [0.25, 0.3) is 0 Å². The van der Waals surface area contributed by atoms with Crippen molar-refractivity contribution in [3.05, 3.63) is 0 Å². The second kappa shape index (κ2) is 3.14. The van der Waals surface area contributed by atoms with Gasteiger partial charge in [-0.2, -0.15) is 5.10 Å². The molecular weight excluding hydrogens is 144 g/mol. The van der Waals surface area contributed by atoms with Gasteiger partial charge >= 0.3 is 0 Å². The van der Waals surface area contributed by atoms with E-state index in [4.69, 9.17) is 0 Å². The zero-order chi connectivity index (χ0) is 8.27. The largest absolute Gasteiger partial charge is 0.294 e. The van der Waals surface area contributed by atoms with E-state index < -0.39 is 0 Å². The average molecular weight is 154 g/mol. The Kier molecular flexibility index (Phi) is 2.20. The maximum Gasteiger partial charge on any atom is 0.248 e. The lowest BCUT2D eigenvalue weighted by Gasteiger charge is -1.98. The molecule has 0 aliphatic carbocycles. The molecule has 0 aromatic carbocycles. The number of nitrogens with zero attached hydrogens (tertiary/aromatic N) is 2. The van der Waals surface area contributed by atoms with Crippen LogP contribution in [0.1, 0.15) is 13.8 Å². The Morgan fingerprint density at radius 1 is 1.73 bits per heavy atom. The fourth-order valence-corrected chi connectivity index (χ4v) is 0.590. The van der Waals surface area contributed by atoms with Crippen LogP contribution in [0.4, 0.5) is 0 Å². The number of hydrogen-bond acceptors (Lipinski definition) is 4. The molecule has 1 aliphatic heterocycles. The van der Waals surface area contributed by atoms with Crippen LogP contribution in [0, 0.1) is 0 Å². The molecule has 0 unspecified atom stereocenters. The van der Waals surface area contributed by atoms with E-state index in [1.54, 1.807) is 0 Å². The Bertz CT molecular complexity index is 227. The SMILES string of the molecule is CC(C)=NNC1=NCC(=O)N1. The highest BCUT2D eigenvalue weighted by molar-refractivity contribution is 6.03. The third kappa shape index (κ3) is 2.37. The number of guanidine groups is 1. The van der Waals surface area contributed by atoms with Crippen molar-refractivity contribution < 1.29 is 4.79 Å². The molecule has 11 heavy (non-hydrogen) atoms. The second-order valence-corrected chi connectivity index (χ2v) is 2.38. The Morgan fingerprint density at radius 3 is 2.91 bits per heavy atom. The smallest absolute Gasteiger partial charge is 0.248 e. The summed E-state index contributed by atoms with van der Waals surface area (Å²) in [5.74, 6) is 0.327. The summed E-state index contributed by atoms with van der Waals surface area (Å²) in [6.07, 6.45) is 0. The van der Waals surface area contributed by atoms with Crippen LogP contribution in [-0.2, 0) is 4.79 Å². The molecule has 0 saturated heterocycles. The van der Waals surface area contributed by atoms with Crippen molar-refractivity contribution in [2.45, 2.75) is 13.8 Å². The van der Waals surface area contributed by atoms with Gasteiger partial charge < -0.3 is 0 Å². The molecule has 5 heteroatoms. The summed E-state index contributed by atoms with van der Waals surface area (Å²) in [7, 11) is 0. The molecule has 60 valence electrons. The quantitative estimate of drug-likeness (QED) is 0.393. The topological polar surface area (TPSA) is 65.8 Å². The number of carbonyl (C=O) groups excluding carboxylic acids is 1. The van der Waals surface area contributed by atoms with Crippen LogP contribution in [0.3, 0.4) is 0 Å². The number of nitrogens with one attached hydrogen (secondary N) is 2. The molecule has 0 saturated carbocycles. The molecule has 0 spiro atoms. The summed E-state index contributed by atoms with van der Waals surface area (Å²) in [5, 5.41) is 6.36. The fraction of sp³-hybridized carbons (Fsp3) is 0.500. The number of aliphatic imine (C=N–C) groups is 1. The van der Waals surface area contributed by atoms with Crippen molar-refractivity contribution in [2.75, 3.05) is 6.54 Å². The molecule has 0 atom stereocenters. The number of rotatable bonds is 1. The van der Waals surface area contributed by atoms with Crippen LogP contribution in [0.15, 0.2) is 10.1 Å². The monoisotopic (exact) mass is 154 g/mol. The van der Waals surface area contributed by atoms with Crippen LogP contribution in [0.2, 0.25) is 0 Å². The third-order valence-corrected chi connectivity index (χ3v) is 1.02. The first-order valence-corrected chi connectivity index (χ1v) is 3.29. The molecule has 0 bridgehead atoms. The summed E-state index contributed by atoms with van der Waals surface area (Å²) < 4.78 is 0. The average Bonchev–Trinajstić information content (AvgIpc) is 2.31. The summed E-state index contributed by atoms with van der Waals surface area (Å²) in [6, 6.07) is 0. The van der Waals surface area contributed by atoms with Crippen molar-refractivity contribution in [1.82, 2.24) is 10.7 Å². The molecule has 1 heterocycles. The minimum absolute atomic E-state index is 0.101. The second-order valence-electron chi connectivity index (χ2n) is 2.38. The summed E-state index contributed by atoms with van der Waals surface area (Å²) >= 11 is 0. The van der Waals surface area contributed by atoms with Crippen molar-refractivity contribution in [2.24, 2.45) is 10.1 Å².